The van der Waals surface area contributed by atoms with Crippen LogP contribution in [0.5, 0.6) is 0 Å². The molecule has 2 aromatic rings. The van der Waals surface area contributed by atoms with E-state index in [1.807, 2.05) is 30.3 Å². The second-order valence-electron chi connectivity index (χ2n) is 4.07. The minimum atomic E-state index is -0.436. The highest BCUT2D eigenvalue weighted by Crippen LogP contribution is 2.00. The molecule has 98 valence electrons. The fourth-order valence-corrected chi connectivity index (χ4v) is 1.51. The van der Waals surface area contributed by atoms with Crippen LogP contribution < -0.4 is 11.0 Å². The van der Waals surface area contributed by atoms with E-state index in [4.69, 9.17) is 4.84 Å². The van der Waals surface area contributed by atoms with Crippen LogP contribution in [0.1, 0.15) is 15.9 Å². The molecule has 19 heavy (non-hydrogen) atoms. The maximum absolute atomic E-state index is 11.7. The number of aromatic nitrogens is 1. The highest BCUT2D eigenvalue weighted by atomic mass is 16.6. The van der Waals surface area contributed by atoms with E-state index in [0.717, 1.165) is 5.56 Å². The molecule has 5 nitrogen and oxygen atoms in total. The number of hydroxylamine groups is 1. The van der Waals surface area contributed by atoms with Gasteiger partial charge in [0.1, 0.15) is 0 Å². The Hall–Kier alpha value is -2.40. The van der Waals surface area contributed by atoms with Gasteiger partial charge in [-0.05, 0) is 11.6 Å². The summed E-state index contributed by atoms with van der Waals surface area (Å²) in [5.41, 5.74) is 3.29. The Morgan fingerprint density at radius 2 is 2.00 bits per heavy atom. The smallest absolute Gasteiger partial charge is 0.275 e. The van der Waals surface area contributed by atoms with Gasteiger partial charge in [-0.3, -0.25) is 14.4 Å². The van der Waals surface area contributed by atoms with Crippen molar-refractivity contribution in [2.45, 2.75) is 6.61 Å². The molecule has 0 bridgehead atoms. The standard InChI is InChI=1S/C14H14N2O3/c1-16-8-7-12(9-13(16)17)14(18)15-19-10-11-5-3-2-4-6-11/h2-9H,10H2,1H3,(H,15,18). The topological polar surface area (TPSA) is 60.3 Å². The molecule has 0 radical (unpaired) electrons. The van der Waals surface area contributed by atoms with Crippen molar-refractivity contribution in [3.05, 3.63) is 70.1 Å². The molecule has 2 rings (SSSR count). The molecule has 0 saturated carbocycles. The van der Waals surface area contributed by atoms with Gasteiger partial charge in [0.15, 0.2) is 0 Å². The lowest BCUT2D eigenvalue weighted by Crippen LogP contribution is -2.26. The molecule has 0 atom stereocenters. The SMILES string of the molecule is Cn1ccc(C(=O)NOCc2ccccc2)cc1=O. The Balaban J connectivity index is 1.91. The number of nitrogens with one attached hydrogen (secondary N) is 1. The number of pyridine rings is 1. The van der Waals surface area contributed by atoms with Crippen molar-refractivity contribution in [3.8, 4) is 0 Å². The molecular weight excluding hydrogens is 244 g/mol. The Labute approximate surface area is 110 Å². The summed E-state index contributed by atoms with van der Waals surface area (Å²) in [7, 11) is 1.62. The molecule has 0 unspecified atom stereocenters. The third-order valence-corrected chi connectivity index (χ3v) is 2.61. The molecule has 0 spiro atoms. The Morgan fingerprint density at radius 1 is 1.26 bits per heavy atom. The second kappa shape index (κ2) is 5.97. The minimum absolute atomic E-state index is 0.240. The lowest BCUT2D eigenvalue weighted by Gasteiger charge is -2.06. The van der Waals surface area contributed by atoms with E-state index in [2.05, 4.69) is 5.48 Å². The molecule has 0 aliphatic heterocycles. The normalized spacial score (nSPS) is 10.2. The fourth-order valence-electron chi connectivity index (χ4n) is 1.51. The first-order valence-electron chi connectivity index (χ1n) is 5.79. The van der Waals surface area contributed by atoms with E-state index in [0.29, 0.717) is 0 Å². The lowest BCUT2D eigenvalue weighted by atomic mass is 10.2. The van der Waals surface area contributed by atoms with Gasteiger partial charge in [-0.15, -0.1) is 0 Å². The summed E-state index contributed by atoms with van der Waals surface area (Å²) < 4.78 is 1.39. The summed E-state index contributed by atoms with van der Waals surface area (Å²) >= 11 is 0. The number of carbonyl (C=O) groups is 1. The lowest BCUT2D eigenvalue weighted by molar-refractivity contribution is 0.0233. The van der Waals surface area contributed by atoms with Gasteiger partial charge in [0.05, 0.1) is 6.61 Å². The first-order valence-corrected chi connectivity index (χ1v) is 5.79. The summed E-state index contributed by atoms with van der Waals surface area (Å²) in [4.78, 5) is 28.2. The molecule has 1 amide bonds. The van der Waals surface area contributed by atoms with Crippen LogP contribution in [0.3, 0.4) is 0 Å². The van der Waals surface area contributed by atoms with E-state index in [1.165, 1.54) is 16.8 Å². The number of aryl methyl sites for hydroxylation is 1. The number of rotatable bonds is 4. The van der Waals surface area contributed by atoms with Gasteiger partial charge in [-0.25, -0.2) is 5.48 Å². The van der Waals surface area contributed by atoms with Crippen LogP contribution in [0.2, 0.25) is 0 Å². The van der Waals surface area contributed by atoms with Crippen molar-refractivity contribution in [1.82, 2.24) is 10.0 Å². The molecule has 0 saturated heterocycles. The maximum atomic E-state index is 11.7. The quantitative estimate of drug-likeness (QED) is 0.839. The predicted octanol–water partition coefficient (Wildman–Crippen LogP) is 1.25. The Bertz CT molecular complexity index is 620. The summed E-state index contributed by atoms with van der Waals surface area (Å²) in [6, 6.07) is 12.3. The molecule has 1 heterocycles. The van der Waals surface area contributed by atoms with Crippen LogP contribution in [-0.2, 0) is 18.5 Å². The van der Waals surface area contributed by atoms with Crippen molar-refractivity contribution in [2.24, 2.45) is 7.05 Å². The maximum Gasteiger partial charge on any atom is 0.275 e. The molecule has 5 heteroatoms. The van der Waals surface area contributed by atoms with Crippen molar-refractivity contribution >= 4 is 5.91 Å². The summed E-state index contributed by atoms with van der Waals surface area (Å²) in [6.45, 7) is 0.275. The number of amides is 1. The highest BCUT2D eigenvalue weighted by molar-refractivity contribution is 5.93. The summed E-state index contributed by atoms with van der Waals surface area (Å²) in [6.07, 6.45) is 1.54. The average Bonchev–Trinajstić information content (AvgIpc) is 2.43. The van der Waals surface area contributed by atoms with Crippen molar-refractivity contribution in [3.63, 3.8) is 0 Å². The predicted molar refractivity (Wildman–Crippen MR) is 70.4 cm³/mol. The molecule has 0 aliphatic carbocycles. The van der Waals surface area contributed by atoms with Gasteiger partial charge in [0.25, 0.3) is 11.5 Å². The number of benzene rings is 1. The Morgan fingerprint density at radius 3 is 2.68 bits per heavy atom. The van der Waals surface area contributed by atoms with Gasteiger partial charge in [0, 0.05) is 24.9 Å². The summed E-state index contributed by atoms with van der Waals surface area (Å²) in [5, 5.41) is 0. The van der Waals surface area contributed by atoms with Crippen LogP contribution in [0.4, 0.5) is 0 Å². The van der Waals surface area contributed by atoms with Gasteiger partial charge >= 0.3 is 0 Å². The Kier molecular flexibility index (Phi) is 4.10. The van der Waals surface area contributed by atoms with Crippen LogP contribution >= 0.6 is 0 Å². The van der Waals surface area contributed by atoms with Crippen molar-refractivity contribution in [1.29, 1.82) is 0 Å². The fraction of sp³-hybridized carbons (Fsp3) is 0.143. The minimum Gasteiger partial charge on any atom is -0.319 e. The third kappa shape index (κ3) is 3.53. The molecule has 1 aromatic carbocycles. The van der Waals surface area contributed by atoms with Crippen molar-refractivity contribution in [2.75, 3.05) is 0 Å². The zero-order chi connectivity index (χ0) is 13.7. The summed E-state index contributed by atoms with van der Waals surface area (Å²) in [5.74, 6) is -0.436. The van der Waals surface area contributed by atoms with Crippen LogP contribution in [0.15, 0.2) is 53.5 Å². The molecule has 1 N–H and O–H groups in total. The van der Waals surface area contributed by atoms with Crippen LogP contribution in [0, 0.1) is 0 Å². The molecule has 1 aromatic heterocycles. The first kappa shape index (κ1) is 13.0. The van der Waals surface area contributed by atoms with E-state index >= 15 is 0 Å². The van der Waals surface area contributed by atoms with Crippen LogP contribution in [0.25, 0.3) is 0 Å². The van der Waals surface area contributed by atoms with Gasteiger partial charge in [-0.2, -0.15) is 0 Å². The van der Waals surface area contributed by atoms with E-state index in [-0.39, 0.29) is 17.7 Å². The van der Waals surface area contributed by atoms with Gasteiger partial charge < -0.3 is 4.57 Å². The van der Waals surface area contributed by atoms with E-state index < -0.39 is 5.91 Å². The number of nitrogens with zero attached hydrogens (tertiary/aromatic N) is 1. The highest BCUT2D eigenvalue weighted by Gasteiger charge is 2.06. The number of hydrogen-bond donors (Lipinski definition) is 1. The second-order valence-corrected chi connectivity index (χ2v) is 4.07. The number of carbonyl (C=O) groups excluding carboxylic acids is 1. The zero-order valence-corrected chi connectivity index (χ0v) is 10.5. The van der Waals surface area contributed by atoms with E-state index in [1.54, 1.807) is 13.1 Å². The van der Waals surface area contributed by atoms with Gasteiger partial charge in [-0.1, -0.05) is 30.3 Å². The zero-order valence-electron chi connectivity index (χ0n) is 10.5. The third-order valence-electron chi connectivity index (χ3n) is 2.61. The number of hydrogen-bond acceptors (Lipinski definition) is 3. The molecular formula is C14H14N2O3. The van der Waals surface area contributed by atoms with Crippen LogP contribution in [-0.4, -0.2) is 10.5 Å². The average molecular weight is 258 g/mol. The van der Waals surface area contributed by atoms with Gasteiger partial charge in [0.2, 0.25) is 0 Å². The molecule has 0 fully saturated rings. The molecule has 0 aliphatic rings. The first-order chi connectivity index (χ1) is 9.16. The van der Waals surface area contributed by atoms with E-state index in [9.17, 15) is 9.59 Å². The largest absolute Gasteiger partial charge is 0.319 e. The monoisotopic (exact) mass is 258 g/mol. The van der Waals surface area contributed by atoms with Crippen molar-refractivity contribution < 1.29 is 9.63 Å².